The minimum atomic E-state index is -0.606. The first kappa shape index (κ1) is 13.9. The molecule has 0 radical (unpaired) electrons. The van der Waals surface area contributed by atoms with Crippen molar-refractivity contribution in [2.24, 2.45) is 5.92 Å². The van der Waals surface area contributed by atoms with Gasteiger partial charge in [-0.1, -0.05) is 39.5 Å². The molecule has 0 bridgehead atoms. The Morgan fingerprint density at radius 3 is 2.78 bits per heavy atom. The molecule has 0 aromatic carbocycles. The lowest BCUT2D eigenvalue weighted by atomic mass is 9.73. The summed E-state index contributed by atoms with van der Waals surface area (Å²) in [7, 11) is 0. The van der Waals surface area contributed by atoms with E-state index in [9.17, 15) is 4.79 Å². The van der Waals surface area contributed by atoms with Crippen LogP contribution in [0.4, 0.5) is 0 Å². The minimum Gasteiger partial charge on any atom is -0.464 e. The molecule has 0 N–H and O–H groups in total. The molecule has 3 unspecified atom stereocenters. The minimum absolute atomic E-state index is 0.122. The molecule has 1 aliphatic carbocycles. The van der Waals surface area contributed by atoms with Crippen molar-refractivity contribution in [2.75, 3.05) is 6.61 Å². The highest BCUT2D eigenvalue weighted by atomic mass is 16.7. The lowest BCUT2D eigenvalue weighted by molar-refractivity contribution is -0.150. The van der Waals surface area contributed by atoms with E-state index in [-0.39, 0.29) is 11.6 Å². The van der Waals surface area contributed by atoms with Gasteiger partial charge in [0.25, 0.3) is 0 Å². The Morgan fingerprint density at radius 1 is 1.39 bits per heavy atom. The molecule has 2 aliphatic rings. The molecule has 2 rings (SSSR count). The van der Waals surface area contributed by atoms with Gasteiger partial charge in [-0.3, -0.25) is 0 Å². The van der Waals surface area contributed by atoms with Gasteiger partial charge in [-0.15, -0.1) is 0 Å². The van der Waals surface area contributed by atoms with E-state index in [1.807, 2.05) is 6.92 Å². The van der Waals surface area contributed by atoms with Gasteiger partial charge in [-0.25, -0.2) is 4.79 Å². The fraction of sp³-hybridized carbons (Fsp3) is 0.933. The van der Waals surface area contributed by atoms with E-state index >= 15 is 0 Å². The zero-order valence-electron chi connectivity index (χ0n) is 12.0. The molecule has 0 aromatic heterocycles. The number of carbonyl (C=O) groups is 1. The third-order valence-corrected chi connectivity index (χ3v) is 4.66. The number of carbonyl (C=O) groups excluding carboxylic acids is 1. The van der Waals surface area contributed by atoms with E-state index in [1.54, 1.807) is 0 Å². The van der Waals surface area contributed by atoms with E-state index in [0.29, 0.717) is 12.5 Å². The Labute approximate surface area is 110 Å². The molecule has 2 fully saturated rings. The Balaban J connectivity index is 2.12. The van der Waals surface area contributed by atoms with Gasteiger partial charge >= 0.3 is 5.97 Å². The molecule has 18 heavy (non-hydrogen) atoms. The van der Waals surface area contributed by atoms with E-state index in [1.165, 1.54) is 19.3 Å². The van der Waals surface area contributed by atoms with Crippen LogP contribution in [0, 0.1) is 5.92 Å². The summed E-state index contributed by atoms with van der Waals surface area (Å²) in [6.07, 6.45) is 7.51. The van der Waals surface area contributed by atoms with Gasteiger partial charge in [0.05, 0.1) is 6.61 Å². The van der Waals surface area contributed by atoms with Crippen LogP contribution in [0.2, 0.25) is 0 Å². The zero-order valence-corrected chi connectivity index (χ0v) is 12.0. The number of esters is 1. The molecule has 0 aromatic rings. The maximum Gasteiger partial charge on any atom is 0.341 e. The van der Waals surface area contributed by atoms with Gasteiger partial charge < -0.3 is 9.47 Å². The van der Waals surface area contributed by atoms with Crippen molar-refractivity contribution in [3.8, 4) is 0 Å². The van der Waals surface area contributed by atoms with Gasteiger partial charge in [-0.05, 0) is 32.1 Å². The number of hydrogen-bond donors (Lipinski definition) is 0. The molecular weight excluding hydrogens is 228 g/mol. The Kier molecular flexibility index (Phi) is 4.00. The molecule has 1 aliphatic heterocycles. The molecule has 104 valence electrons. The van der Waals surface area contributed by atoms with Crippen molar-refractivity contribution in [1.29, 1.82) is 0 Å². The average Bonchev–Trinajstić information content (AvgIpc) is 2.98. The summed E-state index contributed by atoms with van der Waals surface area (Å²) in [5, 5.41) is 0. The maximum absolute atomic E-state index is 12.2. The van der Waals surface area contributed by atoms with Gasteiger partial charge in [0, 0.05) is 0 Å². The second-order valence-corrected chi connectivity index (χ2v) is 5.76. The van der Waals surface area contributed by atoms with Crippen LogP contribution < -0.4 is 0 Å². The smallest absolute Gasteiger partial charge is 0.341 e. The van der Waals surface area contributed by atoms with Crippen molar-refractivity contribution >= 4 is 5.97 Å². The lowest BCUT2D eigenvalue weighted by Crippen LogP contribution is -2.38. The summed E-state index contributed by atoms with van der Waals surface area (Å²) in [5.74, 6) is 0.593. The van der Waals surface area contributed by atoms with Gasteiger partial charge in [0.15, 0.2) is 5.60 Å². The first-order valence-corrected chi connectivity index (χ1v) is 7.51. The SMILES string of the molecule is CCCC1(C(=O)OCC)OC12CCCC(CC)C2. The van der Waals surface area contributed by atoms with Gasteiger partial charge in [0.1, 0.15) is 5.60 Å². The van der Waals surface area contributed by atoms with Crippen LogP contribution in [0.15, 0.2) is 0 Å². The third kappa shape index (κ3) is 2.07. The van der Waals surface area contributed by atoms with Crippen LogP contribution in [-0.2, 0) is 14.3 Å². The number of ether oxygens (including phenoxy) is 2. The van der Waals surface area contributed by atoms with Crippen molar-refractivity contribution < 1.29 is 14.3 Å². The molecule has 1 spiro atoms. The monoisotopic (exact) mass is 254 g/mol. The zero-order chi connectivity index (χ0) is 13.2. The Morgan fingerprint density at radius 2 is 2.17 bits per heavy atom. The van der Waals surface area contributed by atoms with Crippen LogP contribution in [0.25, 0.3) is 0 Å². The third-order valence-electron chi connectivity index (χ3n) is 4.66. The first-order chi connectivity index (χ1) is 8.64. The summed E-state index contributed by atoms with van der Waals surface area (Å²) in [4.78, 5) is 12.2. The number of rotatable bonds is 5. The molecular formula is C15H26O3. The second-order valence-electron chi connectivity index (χ2n) is 5.76. The fourth-order valence-electron chi connectivity index (χ4n) is 3.67. The van der Waals surface area contributed by atoms with E-state index in [4.69, 9.17) is 9.47 Å². The van der Waals surface area contributed by atoms with Crippen LogP contribution in [0.1, 0.15) is 65.7 Å². The predicted octanol–water partition coefficient (Wildman–Crippen LogP) is 3.46. The second kappa shape index (κ2) is 5.20. The topological polar surface area (TPSA) is 38.8 Å². The highest BCUT2D eigenvalue weighted by Gasteiger charge is 2.74. The van der Waals surface area contributed by atoms with Crippen molar-refractivity contribution in [3.63, 3.8) is 0 Å². The number of hydrogen-bond acceptors (Lipinski definition) is 3. The predicted molar refractivity (Wildman–Crippen MR) is 70.3 cm³/mol. The molecule has 1 saturated carbocycles. The van der Waals surface area contributed by atoms with Crippen LogP contribution >= 0.6 is 0 Å². The summed E-state index contributed by atoms with van der Waals surface area (Å²) in [6.45, 7) is 6.65. The van der Waals surface area contributed by atoms with Gasteiger partial charge in [-0.2, -0.15) is 0 Å². The maximum atomic E-state index is 12.2. The standard InChI is InChI=1S/C15H26O3/c1-4-9-15(13(16)17-6-3)14(18-15)10-7-8-12(5-2)11-14/h12H,4-11H2,1-3H3. The van der Waals surface area contributed by atoms with E-state index < -0.39 is 5.60 Å². The summed E-state index contributed by atoms with van der Waals surface area (Å²) in [6, 6.07) is 0. The molecule has 3 nitrogen and oxygen atoms in total. The van der Waals surface area contributed by atoms with Crippen molar-refractivity contribution in [1.82, 2.24) is 0 Å². The van der Waals surface area contributed by atoms with Crippen molar-refractivity contribution in [3.05, 3.63) is 0 Å². The van der Waals surface area contributed by atoms with Gasteiger partial charge in [0.2, 0.25) is 0 Å². The lowest BCUT2D eigenvalue weighted by Gasteiger charge is -2.28. The average molecular weight is 254 g/mol. The van der Waals surface area contributed by atoms with E-state index in [2.05, 4.69) is 13.8 Å². The Hall–Kier alpha value is -0.570. The first-order valence-electron chi connectivity index (χ1n) is 7.51. The quantitative estimate of drug-likeness (QED) is 0.557. The van der Waals surface area contributed by atoms with Crippen LogP contribution in [0.3, 0.4) is 0 Å². The van der Waals surface area contributed by atoms with Crippen LogP contribution in [-0.4, -0.2) is 23.8 Å². The largest absolute Gasteiger partial charge is 0.464 e. The van der Waals surface area contributed by atoms with Crippen molar-refractivity contribution in [2.45, 2.75) is 76.9 Å². The highest BCUT2D eigenvalue weighted by molar-refractivity contribution is 5.85. The van der Waals surface area contributed by atoms with E-state index in [0.717, 1.165) is 25.7 Å². The Bertz CT molecular complexity index is 315. The molecule has 0 amide bonds. The number of epoxide rings is 1. The van der Waals surface area contributed by atoms with Crippen LogP contribution in [0.5, 0.6) is 0 Å². The fourth-order valence-corrected chi connectivity index (χ4v) is 3.67. The summed E-state index contributed by atoms with van der Waals surface area (Å²) >= 11 is 0. The normalized spacial score (nSPS) is 38.7. The summed E-state index contributed by atoms with van der Waals surface area (Å²) in [5.41, 5.74) is -0.792. The molecule has 1 heterocycles. The molecule has 1 saturated heterocycles. The molecule has 3 heteroatoms. The molecule has 3 atom stereocenters. The highest BCUT2D eigenvalue weighted by Crippen LogP contribution is 2.60. The summed E-state index contributed by atoms with van der Waals surface area (Å²) < 4.78 is 11.3.